The maximum Gasteiger partial charge on any atom is 0.347 e. The molecule has 13 nitrogen and oxygen atoms in total. The Balaban J connectivity index is 2.05. The Morgan fingerprint density at radius 3 is 2.54 bits per heavy atom. The normalized spacial score (nSPS) is 10.8. The molecule has 0 radical (unpaired) electrons. The number of Topliss-reactive ketones (excluding diaryl/α,β-unsaturated/α-hetero) is 1. The lowest BCUT2D eigenvalue weighted by molar-refractivity contribution is -0.385. The third kappa shape index (κ3) is 3.44. The summed E-state index contributed by atoms with van der Waals surface area (Å²) >= 11 is 0. The van der Waals surface area contributed by atoms with Crippen LogP contribution in [-0.4, -0.2) is 45.3 Å². The van der Waals surface area contributed by atoms with Crippen molar-refractivity contribution in [2.45, 2.75) is 13.0 Å². The van der Waals surface area contributed by atoms with Gasteiger partial charge in [-0.2, -0.15) is 5.10 Å². The van der Waals surface area contributed by atoms with Gasteiger partial charge in [-0.15, -0.1) is 5.10 Å². The first-order valence-electron chi connectivity index (χ1n) is 7.94. The lowest BCUT2D eigenvalue weighted by Gasteiger charge is -2.09. The highest BCUT2D eigenvalue weighted by atomic mass is 16.6. The molecule has 13 heteroatoms. The van der Waals surface area contributed by atoms with Crippen LogP contribution in [0.2, 0.25) is 0 Å². The average molecular weight is 386 g/mol. The Hall–Kier alpha value is -4.03. The summed E-state index contributed by atoms with van der Waals surface area (Å²) in [6.07, 6.45) is -0.296. The fourth-order valence-electron chi connectivity index (χ4n) is 2.56. The van der Waals surface area contributed by atoms with Crippen LogP contribution in [0.25, 0.3) is 0 Å². The number of benzene rings is 1. The van der Waals surface area contributed by atoms with Gasteiger partial charge in [0.2, 0.25) is 0 Å². The summed E-state index contributed by atoms with van der Waals surface area (Å²) < 4.78 is 2.83. The van der Waals surface area contributed by atoms with Gasteiger partial charge in [0.1, 0.15) is 0 Å². The second kappa shape index (κ2) is 7.30. The minimum Gasteiger partial charge on any atom is -0.292 e. The van der Waals surface area contributed by atoms with Gasteiger partial charge in [0.15, 0.2) is 17.3 Å². The van der Waals surface area contributed by atoms with Gasteiger partial charge in [-0.3, -0.25) is 24.3 Å². The first kappa shape index (κ1) is 18.8. The second-order valence-electron chi connectivity index (χ2n) is 5.85. The molecule has 144 valence electrons. The van der Waals surface area contributed by atoms with E-state index in [1.165, 1.54) is 37.0 Å². The van der Waals surface area contributed by atoms with Crippen molar-refractivity contribution in [1.82, 2.24) is 34.6 Å². The van der Waals surface area contributed by atoms with Gasteiger partial charge in [0.25, 0.3) is 11.2 Å². The second-order valence-corrected chi connectivity index (χ2v) is 5.85. The van der Waals surface area contributed by atoms with E-state index in [1.807, 2.05) is 0 Å². The van der Waals surface area contributed by atoms with Crippen LogP contribution in [0.15, 0.2) is 33.9 Å². The molecule has 0 atom stereocenters. The van der Waals surface area contributed by atoms with E-state index >= 15 is 0 Å². The molecule has 3 aromatic rings. The minimum atomic E-state index is -0.943. The quantitative estimate of drug-likeness (QED) is 0.289. The molecule has 1 aromatic carbocycles. The molecular formula is C15H14N8O5. The van der Waals surface area contributed by atoms with Crippen molar-refractivity contribution in [3.63, 3.8) is 0 Å². The van der Waals surface area contributed by atoms with E-state index in [-0.39, 0.29) is 30.0 Å². The third-order valence-corrected chi connectivity index (χ3v) is 4.01. The number of aromatic nitrogens is 7. The molecule has 0 saturated carbocycles. The molecule has 0 fully saturated rings. The zero-order valence-electron chi connectivity index (χ0n) is 14.8. The maximum absolute atomic E-state index is 12.7. The van der Waals surface area contributed by atoms with Crippen molar-refractivity contribution in [3.05, 3.63) is 72.3 Å². The summed E-state index contributed by atoms with van der Waals surface area (Å²) in [7, 11) is 2.81. The van der Waals surface area contributed by atoms with Crippen molar-refractivity contribution >= 4 is 11.5 Å². The van der Waals surface area contributed by atoms with Crippen molar-refractivity contribution < 1.29 is 9.72 Å². The van der Waals surface area contributed by atoms with Gasteiger partial charge in [0, 0.05) is 25.7 Å². The number of ketones is 1. The fourth-order valence-corrected chi connectivity index (χ4v) is 2.56. The van der Waals surface area contributed by atoms with E-state index in [4.69, 9.17) is 0 Å². The van der Waals surface area contributed by atoms with Crippen LogP contribution in [0.3, 0.4) is 0 Å². The molecule has 2 heterocycles. The molecule has 0 saturated heterocycles. The van der Waals surface area contributed by atoms with Crippen LogP contribution in [0, 0.1) is 10.1 Å². The van der Waals surface area contributed by atoms with Crippen LogP contribution >= 0.6 is 0 Å². The summed E-state index contributed by atoms with van der Waals surface area (Å²) in [6, 6.07) is 5.71. The molecular weight excluding hydrogens is 372 g/mol. The van der Waals surface area contributed by atoms with Crippen molar-refractivity contribution in [1.29, 1.82) is 0 Å². The van der Waals surface area contributed by atoms with Crippen molar-refractivity contribution in [3.8, 4) is 0 Å². The molecule has 28 heavy (non-hydrogen) atoms. The molecule has 0 aliphatic rings. The minimum absolute atomic E-state index is 0.147. The van der Waals surface area contributed by atoms with E-state index in [2.05, 4.69) is 20.6 Å². The van der Waals surface area contributed by atoms with Crippen molar-refractivity contribution in [2.24, 2.45) is 14.1 Å². The summed E-state index contributed by atoms with van der Waals surface area (Å²) in [5.41, 5.74) is -2.33. The van der Waals surface area contributed by atoms with Crippen LogP contribution in [0.1, 0.15) is 21.9 Å². The smallest absolute Gasteiger partial charge is 0.292 e. The van der Waals surface area contributed by atoms with Gasteiger partial charge >= 0.3 is 5.69 Å². The van der Waals surface area contributed by atoms with Gasteiger partial charge in [-0.05, 0) is 10.4 Å². The zero-order chi connectivity index (χ0) is 20.4. The number of nitrogens with zero attached hydrogens (tertiary/aromatic N) is 8. The molecule has 0 amide bonds. The maximum atomic E-state index is 12.7. The molecule has 3 rings (SSSR count). The number of carbonyl (C=O) groups is 1. The molecule has 0 N–H and O–H groups in total. The number of tetrazole rings is 1. The highest BCUT2D eigenvalue weighted by Crippen LogP contribution is 2.17. The number of hydrogen-bond acceptors (Lipinski definition) is 9. The summed E-state index contributed by atoms with van der Waals surface area (Å²) in [5.74, 6) is -0.472. The van der Waals surface area contributed by atoms with Gasteiger partial charge in [-0.1, -0.05) is 18.2 Å². The molecule has 0 aliphatic heterocycles. The predicted octanol–water partition coefficient (Wildman–Crippen LogP) is -1.15. The number of rotatable bonds is 6. The largest absolute Gasteiger partial charge is 0.347 e. The average Bonchev–Trinajstić information content (AvgIpc) is 3.06. The van der Waals surface area contributed by atoms with Crippen LogP contribution in [0.5, 0.6) is 0 Å². The standard InChI is InChI=1S/C15H14N8O5/c1-20-12(16-18-19-20)7-11(24)13-14(25)22(15(26)21(2)17-13)8-9-5-3-4-6-10(9)23(27)28/h3-6H,7-8H2,1-2H3. The van der Waals surface area contributed by atoms with Gasteiger partial charge in [0.05, 0.1) is 17.9 Å². The summed E-state index contributed by atoms with van der Waals surface area (Å²) in [4.78, 5) is 48.2. The Labute approximate surface area is 156 Å². The first-order valence-corrected chi connectivity index (χ1v) is 7.94. The van der Waals surface area contributed by atoms with Gasteiger partial charge < -0.3 is 0 Å². The number of nitro groups is 1. The number of para-hydroxylation sites is 1. The number of hydrogen-bond donors (Lipinski definition) is 0. The predicted molar refractivity (Wildman–Crippen MR) is 92.8 cm³/mol. The molecule has 0 aliphatic carbocycles. The zero-order valence-corrected chi connectivity index (χ0v) is 14.8. The van der Waals surface area contributed by atoms with Crippen molar-refractivity contribution in [2.75, 3.05) is 0 Å². The van der Waals surface area contributed by atoms with Gasteiger partial charge in [-0.25, -0.2) is 14.2 Å². The highest BCUT2D eigenvalue weighted by molar-refractivity contribution is 5.94. The van der Waals surface area contributed by atoms with Crippen LogP contribution in [0.4, 0.5) is 5.69 Å². The van der Waals surface area contributed by atoms with E-state index < -0.39 is 27.6 Å². The summed E-state index contributed by atoms with van der Waals surface area (Å²) in [5, 5.41) is 25.6. The Kier molecular flexibility index (Phi) is 4.89. The lowest BCUT2D eigenvalue weighted by Crippen LogP contribution is -2.44. The monoisotopic (exact) mass is 386 g/mol. The van der Waals surface area contributed by atoms with E-state index in [9.17, 15) is 24.5 Å². The van der Waals surface area contributed by atoms with E-state index in [0.717, 1.165) is 9.25 Å². The Bertz CT molecular complexity index is 1190. The molecule has 0 bridgehead atoms. The van der Waals surface area contributed by atoms with E-state index in [0.29, 0.717) is 0 Å². The number of carbonyl (C=O) groups excluding carboxylic acids is 1. The molecule has 0 spiro atoms. The van der Waals surface area contributed by atoms with Crippen LogP contribution < -0.4 is 11.2 Å². The Morgan fingerprint density at radius 2 is 1.89 bits per heavy atom. The molecule has 0 unspecified atom stereocenters. The fraction of sp³-hybridized carbons (Fsp3) is 0.267. The molecule has 2 aromatic heterocycles. The third-order valence-electron chi connectivity index (χ3n) is 4.01. The van der Waals surface area contributed by atoms with E-state index in [1.54, 1.807) is 6.07 Å². The topological polar surface area (TPSA) is 161 Å². The SMILES string of the molecule is Cn1nnnc1CC(=O)c1nn(C)c(=O)n(Cc2ccccc2[N+](=O)[O-])c1=O. The number of nitro benzene ring substituents is 1. The van der Waals surface area contributed by atoms with Crippen LogP contribution in [-0.2, 0) is 27.1 Å². The first-order chi connectivity index (χ1) is 13.3. The summed E-state index contributed by atoms with van der Waals surface area (Å²) in [6.45, 7) is -0.378. The number of aryl methyl sites for hydroxylation is 2. The Morgan fingerprint density at radius 1 is 1.18 bits per heavy atom. The highest BCUT2D eigenvalue weighted by Gasteiger charge is 2.22. The lowest BCUT2D eigenvalue weighted by atomic mass is 10.1.